The van der Waals surface area contributed by atoms with Crippen LogP contribution in [0.1, 0.15) is 22.4 Å². The number of hydrogen-bond donors (Lipinski definition) is 5. The Kier molecular flexibility index (Phi) is 8.26. The van der Waals surface area contributed by atoms with Crippen LogP contribution in [0.3, 0.4) is 0 Å². The van der Waals surface area contributed by atoms with Gasteiger partial charge in [-0.15, -0.1) is 5.10 Å². The molecule has 1 saturated heterocycles. The van der Waals surface area contributed by atoms with Gasteiger partial charge in [0.2, 0.25) is 12.2 Å². The number of benzene rings is 2. The summed E-state index contributed by atoms with van der Waals surface area (Å²) in [4.78, 5) is 0. The Labute approximate surface area is 214 Å². The molecular weight excluding hydrogens is 521 g/mol. The van der Waals surface area contributed by atoms with Crippen molar-refractivity contribution >= 4 is 11.6 Å². The fraction of sp³-hybridized carbons (Fsp3) is 0.375. The number of nitrogens with zero attached hydrogens (tertiary/aromatic N) is 1. The lowest BCUT2D eigenvalue weighted by Gasteiger charge is -2.39. The van der Waals surface area contributed by atoms with Crippen molar-refractivity contribution in [3.63, 3.8) is 0 Å². The predicted molar refractivity (Wildman–Crippen MR) is 123 cm³/mol. The van der Waals surface area contributed by atoms with Gasteiger partial charge < -0.3 is 34.6 Å². The van der Waals surface area contributed by atoms with Crippen LogP contribution in [-0.2, 0) is 23.9 Å². The number of para-hydroxylation sites is 1. The van der Waals surface area contributed by atoms with Crippen LogP contribution in [0.5, 0.6) is 11.6 Å². The number of halogens is 4. The zero-order valence-corrected chi connectivity index (χ0v) is 19.9. The van der Waals surface area contributed by atoms with Gasteiger partial charge in [0, 0.05) is 17.0 Å². The Balaban J connectivity index is 1.62. The van der Waals surface area contributed by atoms with E-state index in [-0.39, 0.29) is 13.0 Å². The molecule has 9 nitrogen and oxygen atoms in total. The molecule has 1 unspecified atom stereocenters. The molecule has 0 radical (unpaired) electrons. The standard InChI is InChI=1S/C24H24ClF3N2O7/c25-15-7-3-1-6-13(15)11-35-16-8-4-2-5-12(16)9-14-21(24(26,27)28)29-30-22(14)37-23-20(34)19(33)18(32)17(10-31)36-23/h1-8,17-20,23,31-34H,9-11H2,(H,29,30)/t17-,18-,19+,20-,23?/m1/s1. The smallest absolute Gasteiger partial charge is 0.433 e. The molecular formula is C24H24ClF3N2O7. The summed E-state index contributed by atoms with van der Waals surface area (Å²) in [6.45, 7) is -0.662. The van der Waals surface area contributed by atoms with Gasteiger partial charge in [0.05, 0.1) is 12.2 Å². The maximum absolute atomic E-state index is 13.8. The third-order valence-corrected chi connectivity index (χ3v) is 6.24. The highest BCUT2D eigenvalue weighted by molar-refractivity contribution is 6.31. The van der Waals surface area contributed by atoms with Crippen LogP contribution >= 0.6 is 11.6 Å². The summed E-state index contributed by atoms with van der Waals surface area (Å²) < 4.78 is 57.9. The van der Waals surface area contributed by atoms with E-state index < -0.39 is 60.6 Å². The number of aromatic nitrogens is 2. The van der Waals surface area contributed by atoms with Gasteiger partial charge in [-0.05, 0) is 17.7 Å². The molecule has 0 spiro atoms. The zero-order chi connectivity index (χ0) is 26.7. The van der Waals surface area contributed by atoms with Crippen LogP contribution in [0.4, 0.5) is 13.2 Å². The van der Waals surface area contributed by atoms with E-state index in [4.69, 9.17) is 25.8 Å². The van der Waals surface area contributed by atoms with Gasteiger partial charge in [0.25, 0.3) is 0 Å². The predicted octanol–water partition coefficient (Wildman–Crippen LogP) is 2.43. The topological polar surface area (TPSA) is 137 Å². The molecule has 1 fully saturated rings. The van der Waals surface area contributed by atoms with Crippen LogP contribution < -0.4 is 9.47 Å². The van der Waals surface area contributed by atoms with Crippen molar-refractivity contribution < 1.29 is 47.8 Å². The number of H-pyrrole nitrogens is 1. The van der Waals surface area contributed by atoms with E-state index in [1.165, 1.54) is 0 Å². The first kappa shape index (κ1) is 27.2. The van der Waals surface area contributed by atoms with Crippen molar-refractivity contribution in [3.8, 4) is 11.6 Å². The fourth-order valence-electron chi connectivity index (χ4n) is 3.87. The monoisotopic (exact) mass is 544 g/mol. The number of aliphatic hydroxyl groups excluding tert-OH is 4. The Morgan fingerprint density at radius 1 is 0.973 bits per heavy atom. The van der Waals surface area contributed by atoms with Crippen LogP contribution in [0, 0.1) is 0 Å². The number of nitrogens with one attached hydrogen (secondary N) is 1. The highest BCUT2D eigenvalue weighted by Gasteiger charge is 2.46. The average molecular weight is 545 g/mol. The van der Waals surface area contributed by atoms with Gasteiger partial charge in [0.1, 0.15) is 42.5 Å². The van der Waals surface area contributed by atoms with E-state index in [2.05, 4.69) is 5.10 Å². The molecule has 2 aromatic carbocycles. The lowest BCUT2D eigenvalue weighted by molar-refractivity contribution is -0.278. The SMILES string of the molecule is OC[C@H]1OC(Oc2n[nH]c(C(F)(F)F)c2Cc2ccccc2OCc2ccccc2Cl)[C@H](O)[C@@H](O)[C@@H]1O. The molecule has 0 saturated carbocycles. The summed E-state index contributed by atoms with van der Waals surface area (Å²) in [6.07, 6.45) is -13.5. The molecule has 1 aromatic heterocycles. The number of rotatable bonds is 8. The molecule has 2 heterocycles. The van der Waals surface area contributed by atoms with E-state index >= 15 is 0 Å². The van der Waals surface area contributed by atoms with E-state index in [0.717, 1.165) is 0 Å². The van der Waals surface area contributed by atoms with Crippen LogP contribution in [0.25, 0.3) is 0 Å². The molecule has 200 valence electrons. The quantitative estimate of drug-likeness (QED) is 0.292. The molecule has 5 atom stereocenters. The summed E-state index contributed by atoms with van der Waals surface area (Å²) in [7, 11) is 0. The lowest BCUT2D eigenvalue weighted by atomic mass is 9.99. The van der Waals surface area contributed by atoms with Crippen molar-refractivity contribution in [2.45, 2.75) is 49.9 Å². The molecule has 37 heavy (non-hydrogen) atoms. The van der Waals surface area contributed by atoms with Gasteiger partial charge in [0.15, 0.2) is 0 Å². The van der Waals surface area contributed by atoms with E-state index in [1.807, 2.05) is 5.10 Å². The number of hydrogen-bond acceptors (Lipinski definition) is 8. The number of aromatic amines is 1. The molecule has 13 heteroatoms. The van der Waals surface area contributed by atoms with Gasteiger partial charge >= 0.3 is 6.18 Å². The third-order valence-electron chi connectivity index (χ3n) is 5.87. The second kappa shape index (κ2) is 11.3. The minimum atomic E-state index is -4.83. The van der Waals surface area contributed by atoms with Gasteiger partial charge in [-0.25, -0.2) is 0 Å². The molecule has 0 amide bonds. The minimum Gasteiger partial charge on any atom is -0.489 e. The highest BCUT2D eigenvalue weighted by Crippen LogP contribution is 2.38. The molecule has 0 bridgehead atoms. The maximum atomic E-state index is 13.8. The van der Waals surface area contributed by atoms with Crippen LogP contribution in [-0.4, -0.2) is 67.9 Å². The first-order chi connectivity index (χ1) is 17.6. The van der Waals surface area contributed by atoms with E-state index in [0.29, 0.717) is 21.9 Å². The van der Waals surface area contributed by atoms with Crippen molar-refractivity contribution in [2.75, 3.05) is 6.61 Å². The Morgan fingerprint density at radius 3 is 2.32 bits per heavy atom. The van der Waals surface area contributed by atoms with E-state index in [1.54, 1.807) is 48.5 Å². The first-order valence-corrected chi connectivity index (χ1v) is 11.5. The summed E-state index contributed by atoms with van der Waals surface area (Å²) in [6, 6.07) is 13.4. The molecule has 4 rings (SSSR count). The second-order valence-corrected chi connectivity index (χ2v) is 8.77. The number of aliphatic hydroxyl groups is 4. The van der Waals surface area contributed by atoms with Crippen molar-refractivity contribution in [1.29, 1.82) is 0 Å². The molecule has 1 aliphatic rings. The minimum absolute atomic E-state index is 0.0719. The Morgan fingerprint density at radius 2 is 1.65 bits per heavy atom. The van der Waals surface area contributed by atoms with Gasteiger partial charge in [-0.1, -0.05) is 48.0 Å². The van der Waals surface area contributed by atoms with Crippen molar-refractivity contribution in [2.24, 2.45) is 0 Å². The van der Waals surface area contributed by atoms with Crippen molar-refractivity contribution in [1.82, 2.24) is 10.2 Å². The van der Waals surface area contributed by atoms with Crippen LogP contribution in [0.15, 0.2) is 48.5 Å². The largest absolute Gasteiger partial charge is 0.489 e. The normalized spacial score (nSPS) is 24.2. The molecule has 5 N–H and O–H groups in total. The fourth-order valence-corrected chi connectivity index (χ4v) is 4.06. The summed E-state index contributed by atoms with van der Waals surface area (Å²) in [5.74, 6) is -0.243. The first-order valence-electron chi connectivity index (χ1n) is 11.2. The summed E-state index contributed by atoms with van der Waals surface area (Å²) >= 11 is 6.17. The number of alkyl halides is 3. The summed E-state index contributed by atoms with van der Waals surface area (Å²) in [5, 5.41) is 45.5. The third kappa shape index (κ3) is 6.00. The Bertz CT molecular complexity index is 1210. The Hall–Kier alpha value is -2.87. The van der Waals surface area contributed by atoms with Gasteiger partial charge in [-0.3, -0.25) is 5.10 Å². The molecule has 3 aromatic rings. The lowest BCUT2D eigenvalue weighted by Crippen LogP contribution is -2.60. The molecule has 1 aliphatic heterocycles. The maximum Gasteiger partial charge on any atom is 0.433 e. The number of ether oxygens (including phenoxy) is 3. The van der Waals surface area contributed by atoms with E-state index in [9.17, 15) is 33.6 Å². The average Bonchev–Trinajstić information content (AvgIpc) is 3.27. The second-order valence-electron chi connectivity index (χ2n) is 8.36. The molecule has 0 aliphatic carbocycles. The van der Waals surface area contributed by atoms with Crippen LogP contribution in [0.2, 0.25) is 5.02 Å². The zero-order valence-electron chi connectivity index (χ0n) is 19.1. The van der Waals surface area contributed by atoms with Gasteiger partial charge in [-0.2, -0.15) is 13.2 Å². The highest BCUT2D eigenvalue weighted by atomic mass is 35.5. The summed E-state index contributed by atoms with van der Waals surface area (Å²) in [5.41, 5.74) is -0.531. The van der Waals surface area contributed by atoms with Crippen molar-refractivity contribution in [3.05, 3.63) is 75.9 Å².